The third-order valence-electron chi connectivity index (χ3n) is 2.10. The normalized spacial score (nSPS) is 13.8. The number of hydrogen-bond acceptors (Lipinski definition) is 1. The molecular formula is C10H11N. The topological polar surface area (TPSA) is 12.0 Å². The number of para-hydroxylation sites is 1. The van der Waals surface area contributed by atoms with Gasteiger partial charge in [-0.05, 0) is 17.5 Å². The molecule has 56 valence electrons. The Bertz CT molecular complexity index is 289. The third-order valence-corrected chi connectivity index (χ3v) is 2.10. The molecule has 0 radical (unpaired) electrons. The molecule has 1 aliphatic rings. The van der Waals surface area contributed by atoms with Crippen LogP contribution < -0.4 is 5.32 Å². The summed E-state index contributed by atoms with van der Waals surface area (Å²) in [6, 6.07) is 6.34. The van der Waals surface area contributed by atoms with E-state index < -0.39 is 0 Å². The highest BCUT2D eigenvalue weighted by atomic mass is 14.9. The highest BCUT2D eigenvalue weighted by Gasteiger charge is 2.10. The zero-order valence-corrected chi connectivity index (χ0v) is 6.43. The van der Waals surface area contributed by atoms with Gasteiger partial charge in [0.25, 0.3) is 0 Å². The van der Waals surface area contributed by atoms with Gasteiger partial charge < -0.3 is 5.32 Å². The Kier molecular flexibility index (Phi) is 1.42. The Balaban J connectivity index is 2.58. The number of fused-ring (bicyclic) bond motifs is 1. The van der Waals surface area contributed by atoms with Gasteiger partial charge in [-0.2, -0.15) is 0 Å². The first-order valence-corrected chi connectivity index (χ1v) is 3.90. The molecule has 0 spiro atoms. The van der Waals surface area contributed by atoms with E-state index in [1.54, 1.807) is 0 Å². The maximum absolute atomic E-state index is 3.77. The van der Waals surface area contributed by atoms with E-state index in [4.69, 9.17) is 0 Å². The molecule has 0 aromatic heterocycles. The van der Waals surface area contributed by atoms with Crippen LogP contribution in [0.15, 0.2) is 24.8 Å². The van der Waals surface area contributed by atoms with Crippen molar-refractivity contribution in [3.05, 3.63) is 35.9 Å². The van der Waals surface area contributed by atoms with Gasteiger partial charge in [0.2, 0.25) is 0 Å². The van der Waals surface area contributed by atoms with Gasteiger partial charge in [0.15, 0.2) is 0 Å². The lowest BCUT2D eigenvalue weighted by molar-refractivity contribution is 1.11. The first kappa shape index (κ1) is 6.47. The highest BCUT2D eigenvalue weighted by molar-refractivity contribution is 5.71. The number of anilines is 1. The largest absolute Gasteiger partial charge is 0.384 e. The number of rotatable bonds is 1. The van der Waals surface area contributed by atoms with E-state index in [9.17, 15) is 0 Å². The van der Waals surface area contributed by atoms with Crippen molar-refractivity contribution in [2.75, 3.05) is 11.9 Å². The molecule has 0 fully saturated rings. The van der Waals surface area contributed by atoms with E-state index in [-0.39, 0.29) is 0 Å². The zero-order valence-electron chi connectivity index (χ0n) is 6.43. The second-order valence-electron chi connectivity index (χ2n) is 2.76. The first-order chi connectivity index (χ1) is 5.42. The van der Waals surface area contributed by atoms with Crippen molar-refractivity contribution in [2.24, 2.45) is 0 Å². The predicted molar refractivity (Wildman–Crippen MR) is 48.7 cm³/mol. The molecule has 1 aromatic carbocycles. The van der Waals surface area contributed by atoms with Crippen molar-refractivity contribution in [1.29, 1.82) is 0 Å². The van der Waals surface area contributed by atoms with Gasteiger partial charge in [0, 0.05) is 12.2 Å². The molecule has 0 atom stereocenters. The van der Waals surface area contributed by atoms with Crippen LogP contribution in [0.4, 0.5) is 5.69 Å². The molecule has 1 heteroatoms. The SMILES string of the molecule is C=Cc1cccc2c1NCC2. The van der Waals surface area contributed by atoms with Gasteiger partial charge in [-0.25, -0.2) is 0 Å². The Labute approximate surface area is 66.7 Å². The summed E-state index contributed by atoms with van der Waals surface area (Å²) in [5.41, 5.74) is 3.92. The smallest absolute Gasteiger partial charge is 0.0446 e. The van der Waals surface area contributed by atoms with Crippen LogP contribution in [0.5, 0.6) is 0 Å². The molecule has 0 bridgehead atoms. The van der Waals surface area contributed by atoms with Gasteiger partial charge >= 0.3 is 0 Å². The zero-order chi connectivity index (χ0) is 7.68. The monoisotopic (exact) mass is 145 g/mol. The van der Waals surface area contributed by atoms with Crippen LogP contribution in [0.2, 0.25) is 0 Å². The molecule has 1 nitrogen and oxygen atoms in total. The van der Waals surface area contributed by atoms with Gasteiger partial charge in [0.05, 0.1) is 0 Å². The van der Waals surface area contributed by atoms with Crippen LogP contribution in [0.3, 0.4) is 0 Å². The molecular weight excluding hydrogens is 134 g/mol. The summed E-state index contributed by atoms with van der Waals surface area (Å²) in [5.74, 6) is 0. The van der Waals surface area contributed by atoms with E-state index >= 15 is 0 Å². The molecule has 0 saturated carbocycles. The minimum Gasteiger partial charge on any atom is -0.384 e. The van der Waals surface area contributed by atoms with Gasteiger partial charge in [0.1, 0.15) is 0 Å². The van der Waals surface area contributed by atoms with E-state index in [1.807, 2.05) is 6.08 Å². The van der Waals surface area contributed by atoms with Gasteiger partial charge in [-0.3, -0.25) is 0 Å². The van der Waals surface area contributed by atoms with Crippen molar-refractivity contribution in [3.8, 4) is 0 Å². The Morgan fingerprint density at radius 1 is 1.45 bits per heavy atom. The van der Waals surface area contributed by atoms with Gasteiger partial charge in [-0.1, -0.05) is 30.9 Å². The summed E-state index contributed by atoms with van der Waals surface area (Å²) in [4.78, 5) is 0. The molecule has 0 amide bonds. The summed E-state index contributed by atoms with van der Waals surface area (Å²) < 4.78 is 0. The molecule has 0 aliphatic carbocycles. The number of nitrogens with one attached hydrogen (secondary N) is 1. The molecule has 1 heterocycles. The second kappa shape index (κ2) is 2.42. The average molecular weight is 145 g/mol. The van der Waals surface area contributed by atoms with Crippen LogP contribution in [0.25, 0.3) is 6.08 Å². The summed E-state index contributed by atoms with van der Waals surface area (Å²) >= 11 is 0. The lowest BCUT2D eigenvalue weighted by Gasteiger charge is -2.02. The Morgan fingerprint density at radius 2 is 2.36 bits per heavy atom. The van der Waals surface area contributed by atoms with Crippen molar-refractivity contribution in [1.82, 2.24) is 0 Å². The fraction of sp³-hybridized carbons (Fsp3) is 0.200. The number of benzene rings is 1. The van der Waals surface area contributed by atoms with E-state index in [0.29, 0.717) is 0 Å². The van der Waals surface area contributed by atoms with Crippen LogP contribution in [0, 0.1) is 0 Å². The molecule has 0 unspecified atom stereocenters. The molecule has 1 aliphatic heterocycles. The standard InChI is InChI=1S/C10H11N/c1-2-8-4-3-5-9-6-7-11-10(8)9/h2-5,11H,1,6-7H2. The van der Waals surface area contributed by atoms with Crippen LogP contribution >= 0.6 is 0 Å². The van der Waals surface area contributed by atoms with Crippen molar-refractivity contribution >= 4 is 11.8 Å². The van der Waals surface area contributed by atoms with Crippen LogP contribution in [-0.4, -0.2) is 6.54 Å². The predicted octanol–water partition coefficient (Wildman–Crippen LogP) is 2.30. The molecule has 2 rings (SSSR count). The maximum atomic E-state index is 3.77. The van der Waals surface area contributed by atoms with E-state index in [2.05, 4.69) is 30.1 Å². The fourth-order valence-electron chi connectivity index (χ4n) is 1.54. The summed E-state index contributed by atoms with van der Waals surface area (Å²) in [6.07, 6.45) is 3.05. The van der Waals surface area contributed by atoms with Crippen molar-refractivity contribution < 1.29 is 0 Å². The summed E-state index contributed by atoms with van der Waals surface area (Å²) in [7, 11) is 0. The Morgan fingerprint density at radius 3 is 3.18 bits per heavy atom. The van der Waals surface area contributed by atoms with Crippen molar-refractivity contribution in [2.45, 2.75) is 6.42 Å². The quantitative estimate of drug-likeness (QED) is 0.639. The Hall–Kier alpha value is -1.24. The average Bonchev–Trinajstić information content (AvgIpc) is 2.50. The summed E-state index contributed by atoms with van der Waals surface area (Å²) in [6.45, 7) is 4.84. The highest BCUT2D eigenvalue weighted by Crippen LogP contribution is 2.26. The maximum Gasteiger partial charge on any atom is 0.0446 e. The minimum atomic E-state index is 1.07. The molecule has 11 heavy (non-hydrogen) atoms. The first-order valence-electron chi connectivity index (χ1n) is 3.90. The van der Waals surface area contributed by atoms with Gasteiger partial charge in [-0.15, -0.1) is 0 Å². The summed E-state index contributed by atoms with van der Waals surface area (Å²) in [5, 5.41) is 3.35. The second-order valence-corrected chi connectivity index (χ2v) is 2.76. The third kappa shape index (κ3) is 0.929. The molecule has 1 aromatic rings. The fourth-order valence-corrected chi connectivity index (χ4v) is 1.54. The van der Waals surface area contributed by atoms with Crippen LogP contribution in [0.1, 0.15) is 11.1 Å². The lowest BCUT2D eigenvalue weighted by atomic mass is 10.1. The van der Waals surface area contributed by atoms with Crippen molar-refractivity contribution in [3.63, 3.8) is 0 Å². The van der Waals surface area contributed by atoms with E-state index in [0.717, 1.165) is 13.0 Å². The number of hydrogen-bond donors (Lipinski definition) is 1. The van der Waals surface area contributed by atoms with E-state index in [1.165, 1.54) is 16.8 Å². The lowest BCUT2D eigenvalue weighted by Crippen LogP contribution is -1.92. The minimum absolute atomic E-state index is 1.07. The van der Waals surface area contributed by atoms with Crippen LogP contribution in [-0.2, 0) is 6.42 Å². The molecule has 1 N–H and O–H groups in total. The molecule has 0 saturated heterocycles.